The average Bonchev–Trinajstić information content (AvgIpc) is 3.04. The third kappa shape index (κ3) is 8.20. The van der Waals surface area contributed by atoms with Crippen molar-refractivity contribution < 1.29 is 49.8 Å². The summed E-state index contributed by atoms with van der Waals surface area (Å²) in [4.78, 5) is 24.9. The van der Waals surface area contributed by atoms with E-state index in [1.54, 1.807) is 0 Å². The van der Waals surface area contributed by atoms with Gasteiger partial charge in [0, 0.05) is 17.3 Å². The number of carboxylic acids is 1. The van der Waals surface area contributed by atoms with Gasteiger partial charge in [-0.05, 0) is 71.6 Å². The molecule has 244 valence electrons. The van der Waals surface area contributed by atoms with E-state index in [9.17, 15) is 55.1 Å². The van der Waals surface area contributed by atoms with E-state index in [4.69, 9.17) is 11.6 Å². The SMILES string of the molecule is N#Cc1cc(CN(C(=O)CN(Cc2ccc(Cl)cc2)Sc2c(F)c(F)c(F)c(F)c2F)c2ccc(C(=O)O)cc2)ccc1C(F)(F)F. The number of hydrogen-bond donors (Lipinski definition) is 1. The summed E-state index contributed by atoms with van der Waals surface area (Å²) in [7, 11) is 0. The van der Waals surface area contributed by atoms with Gasteiger partial charge in [0.1, 0.15) is 4.90 Å². The van der Waals surface area contributed by atoms with Gasteiger partial charge in [0.05, 0.1) is 35.8 Å². The normalized spacial score (nSPS) is 11.4. The molecule has 16 heteroatoms. The molecule has 47 heavy (non-hydrogen) atoms. The number of nitrogens with zero attached hydrogens (tertiary/aromatic N) is 3. The second-order valence-electron chi connectivity index (χ2n) is 9.74. The molecule has 0 aromatic heterocycles. The van der Waals surface area contributed by atoms with Crippen LogP contribution in [0, 0.1) is 40.4 Å². The van der Waals surface area contributed by atoms with Crippen LogP contribution in [0.25, 0.3) is 0 Å². The van der Waals surface area contributed by atoms with E-state index in [1.807, 2.05) is 0 Å². The largest absolute Gasteiger partial charge is 0.478 e. The van der Waals surface area contributed by atoms with Gasteiger partial charge in [-0.1, -0.05) is 29.8 Å². The zero-order valence-electron chi connectivity index (χ0n) is 23.4. The number of carboxylic acid groups (broad SMARTS) is 1. The number of benzene rings is 4. The molecule has 0 aliphatic carbocycles. The standard InChI is InChI=1S/C31H18ClF8N3O3S/c32-20-6-1-16(2-7-20)13-42(47-29-27(36)25(34)24(33)26(35)28(29)37)15-23(44)43(21-8-4-18(5-9-21)30(45)46)14-17-3-10-22(31(38,39)40)19(11-17)12-41/h1-11H,13-15H2,(H,45,46). The zero-order valence-corrected chi connectivity index (χ0v) is 25.0. The molecule has 0 saturated carbocycles. The maximum atomic E-state index is 14.7. The van der Waals surface area contributed by atoms with Crippen molar-refractivity contribution in [2.24, 2.45) is 0 Å². The lowest BCUT2D eigenvalue weighted by molar-refractivity contribution is -0.137. The van der Waals surface area contributed by atoms with Crippen molar-refractivity contribution in [3.63, 3.8) is 0 Å². The van der Waals surface area contributed by atoms with Crippen molar-refractivity contribution >= 4 is 41.1 Å². The lowest BCUT2D eigenvalue weighted by atomic mass is 10.0. The van der Waals surface area contributed by atoms with Crippen molar-refractivity contribution in [3.8, 4) is 6.07 Å². The van der Waals surface area contributed by atoms with Crippen molar-refractivity contribution in [3.05, 3.63) is 129 Å². The monoisotopic (exact) mass is 699 g/mol. The van der Waals surface area contributed by atoms with E-state index in [0.29, 0.717) is 16.7 Å². The molecule has 1 N–H and O–H groups in total. The number of hydrogen-bond acceptors (Lipinski definition) is 5. The van der Waals surface area contributed by atoms with E-state index in [2.05, 4.69) is 0 Å². The van der Waals surface area contributed by atoms with Crippen LogP contribution in [-0.2, 0) is 24.1 Å². The minimum atomic E-state index is -4.85. The molecule has 0 radical (unpaired) electrons. The molecule has 4 aromatic carbocycles. The molecule has 4 rings (SSSR count). The highest BCUT2D eigenvalue weighted by Crippen LogP contribution is 2.35. The predicted molar refractivity (Wildman–Crippen MR) is 155 cm³/mol. The van der Waals surface area contributed by atoms with E-state index in [0.717, 1.165) is 33.5 Å². The van der Waals surface area contributed by atoms with Crippen molar-refractivity contribution in [1.82, 2.24) is 4.31 Å². The number of halogens is 9. The summed E-state index contributed by atoms with van der Waals surface area (Å²) in [5.74, 6) is -13.3. The fourth-order valence-corrected chi connectivity index (χ4v) is 5.38. The van der Waals surface area contributed by atoms with Crippen LogP contribution in [0.4, 0.5) is 40.8 Å². The minimum Gasteiger partial charge on any atom is -0.478 e. The number of aromatic carboxylic acids is 1. The number of amides is 1. The smallest absolute Gasteiger partial charge is 0.417 e. The Labute approximate surface area is 270 Å². The Morgan fingerprint density at radius 2 is 1.36 bits per heavy atom. The summed E-state index contributed by atoms with van der Waals surface area (Å²) in [5.41, 5.74) is -1.66. The number of anilines is 1. The Balaban J connectivity index is 1.75. The van der Waals surface area contributed by atoms with Gasteiger partial charge >= 0.3 is 12.1 Å². The summed E-state index contributed by atoms with van der Waals surface area (Å²) in [5, 5.41) is 18.9. The fourth-order valence-electron chi connectivity index (χ4n) is 4.26. The molecule has 0 aliphatic heterocycles. The number of rotatable bonds is 10. The Morgan fingerprint density at radius 3 is 1.89 bits per heavy atom. The van der Waals surface area contributed by atoms with Crippen LogP contribution in [0.15, 0.2) is 71.6 Å². The summed E-state index contributed by atoms with van der Waals surface area (Å²) in [6, 6.07) is 14.6. The van der Waals surface area contributed by atoms with Gasteiger partial charge in [-0.2, -0.15) is 18.4 Å². The summed E-state index contributed by atoms with van der Waals surface area (Å²) >= 11 is 5.96. The van der Waals surface area contributed by atoms with Crippen LogP contribution in [0.5, 0.6) is 0 Å². The van der Waals surface area contributed by atoms with Crippen LogP contribution in [0.2, 0.25) is 5.02 Å². The maximum absolute atomic E-state index is 14.7. The molecule has 4 aromatic rings. The lowest BCUT2D eigenvalue weighted by Crippen LogP contribution is -2.38. The Morgan fingerprint density at radius 1 is 0.809 bits per heavy atom. The van der Waals surface area contributed by atoms with E-state index in [1.165, 1.54) is 42.5 Å². The molecule has 0 atom stereocenters. The molecule has 0 fully saturated rings. The highest BCUT2D eigenvalue weighted by atomic mass is 35.5. The van der Waals surface area contributed by atoms with Gasteiger partial charge < -0.3 is 10.0 Å². The molecule has 1 amide bonds. The summed E-state index contributed by atoms with van der Waals surface area (Å²) in [6.45, 7) is -1.56. The molecule has 0 aliphatic rings. The Hall–Kier alpha value is -4.65. The third-order valence-electron chi connectivity index (χ3n) is 6.55. The zero-order chi connectivity index (χ0) is 34.6. The number of carbonyl (C=O) groups is 2. The van der Waals surface area contributed by atoms with Crippen LogP contribution in [-0.4, -0.2) is 27.8 Å². The minimum absolute atomic E-state index is 0.0334. The number of nitriles is 1. The van der Waals surface area contributed by atoms with E-state index < -0.39 is 76.3 Å². The summed E-state index contributed by atoms with van der Waals surface area (Å²) < 4.78 is 112. The first-order chi connectivity index (χ1) is 22.1. The van der Waals surface area contributed by atoms with Crippen molar-refractivity contribution in [2.75, 3.05) is 11.4 Å². The van der Waals surface area contributed by atoms with Gasteiger partial charge in [0.15, 0.2) is 23.3 Å². The predicted octanol–water partition coefficient (Wildman–Crippen LogP) is 8.37. The first-order valence-corrected chi connectivity index (χ1v) is 14.2. The van der Waals surface area contributed by atoms with Crippen LogP contribution < -0.4 is 4.90 Å². The highest BCUT2D eigenvalue weighted by molar-refractivity contribution is 7.97. The van der Waals surface area contributed by atoms with Crippen molar-refractivity contribution in [2.45, 2.75) is 24.2 Å². The quantitative estimate of drug-likeness (QED) is 0.0775. The summed E-state index contributed by atoms with van der Waals surface area (Å²) in [6.07, 6.45) is -4.85. The van der Waals surface area contributed by atoms with Gasteiger partial charge in [-0.25, -0.2) is 31.1 Å². The maximum Gasteiger partial charge on any atom is 0.417 e. The third-order valence-corrected chi connectivity index (χ3v) is 7.86. The number of carbonyl (C=O) groups excluding carboxylic acids is 1. The molecule has 0 spiro atoms. The van der Waals surface area contributed by atoms with Gasteiger partial charge in [-0.15, -0.1) is 0 Å². The molecule has 0 unspecified atom stereocenters. The second-order valence-corrected chi connectivity index (χ2v) is 11.3. The first-order valence-electron chi connectivity index (χ1n) is 13.0. The molecule has 0 bridgehead atoms. The molecule has 6 nitrogen and oxygen atoms in total. The van der Waals surface area contributed by atoms with Gasteiger partial charge in [-0.3, -0.25) is 4.79 Å². The van der Waals surface area contributed by atoms with E-state index in [-0.39, 0.29) is 35.3 Å². The Bertz CT molecular complexity index is 1840. The number of alkyl halides is 3. The molecular weight excluding hydrogens is 682 g/mol. The Kier molecular flexibility index (Phi) is 10.8. The highest BCUT2D eigenvalue weighted by Gasteiger charge is 2.34. The second kappa shape index (κ2) is 14.4. The topological polar surface area (TPSA) is 84.6 Å². The van der Waals surface area contributed by atoms with Gasteiger partial charge in [0.25, 0.3) is 0 Å². The van der Waals surface area contributed by atoms with Crippen LogP contribution in [0.3, 0.4) is 0 Å². The lowest BCUT2D eigenvalue weighted by Gasteiger charge is -2.28. The first kappa shape index (κ1) is 35.2. The average molecular weight is 700 g/mol. The van der Waals surface area contributed by atoms with Crippen LogP contribution >= 0.6 is 23.5 Å². The molecule has 0 saturated heterocycles. The van der Waals surface area contributed by atoms with Crippen LogP contribution in [0.1, 0.15) is 32.6 Å². The van der Waals surface area contributed by atoms with Gasteiger partial charge in [0.2, 0.25) is 11.7 Å². The fraction of sp³-hybridized carbons (Fsp3) is 0.129. The van der Waals surface area contributed by atoms with E-state index >= 15 is 0 Å². The van der Waals surface area contributed by atoms with Crippen molar-refractivity contribution in [1.29, 1.82) is 5.26 Å². The molecule has 0 heterocycles. The molecular formula is C31H18ClF8N3O3S.